The number of aromatic nitrogens is 3. The van der Waals surface area contributed by atoms with Crippen LogP contribution in [0, 0.1) is 13.8 Å². The lowest BCUT2D eigenvalue weighted by atomic mass is 10.2. The lowest BCUT2D eigenvalue weighted by Gasteiger charge is -2.09. The fourth-order valence-electron chi connectivity index (χ4n) is 2.74. The zero-order valence-corrected chi connectivity index (χ0v) is 15.6. The van der Waals surface area contributed by atoms with E-state index in [1.54, 1.807) is 29.8 Å². The third kappa shape index (κ3) is 3.10. The molecule has 1 N–H and O–H groups in total. The molecule has 0 atom stereocenters. The van der Waals surface area contributed by atoms with Crippen molar-refractivity contribution in [3.8, 4) is 5.75 Å². The molecule has 0 aliphatic carbocycles. The van der Waals surface area contributed by atoms with E-state index in [1.165, 1.54) is 4.88 Å². The standard InChI is InChI=1S/C17H16N4O2S2/c1-9-7-21-8-11(19-17(21)24-9)4-16(22)20-12-6-15-13(5-14(12)23-3)18-10(2)25-15/h5-8H,4H2,1-3H3,(H,20,22). The van der Waals surface area contributed by atoms with E-state index in [9.17, 15) is 4.79 Å². The van der Waals surface area contributed by atoms with Gasteiger partial charge in [-0.3, -0.25) is 9.20 Å². The van der Waals surface area contributed by atoms with Gasteiger partial charge in [0.25, 0.3) is 0 Å². The quantitative estimate of drug-likeness (QED) is 0.591. The Morgan fingerprint density at radius 3 is 2.84 bits per heavy atom. The molecule has 0 aliphatic heterocycles. The van der Waals surface area contributed by atoms with Crippen molar-refractivity contribution in [3.05, 3.63) is 40.1 Å². The van der Waals surface area contributed by atoms with Crippen LogP contribution in [0.3, 0.4) is 0 Å². The predicted octanol–water partition coefficient (Wildman–Crippen LogP) is 3.81. The predicted molar refractivity (Wildman–Crippen MR) is 101 cm³/mol. The fourth-order valence-corrected chi connectivity index (χ4v) is 4.42. The van der Waals surface area contributed by atoms with E-state index >= 15 is 0 Å². The molecule has 6 nitrogen and oxygen atoms in total. The molecule has 1 amide bonds. The summed E-state index contributed by atoms with van der Waals surface area (Å²) in [6.45, 7) is 4.00. The molecular weight excluding hydrogens is 356 g/mol. The number of hydrogen-bond donors (Lipinski definition) is 1. The van der Waals surface area contributed by atoms with Crippen LogP contribution in [0.2, 0.25) is 0 Å². The Balaban J connectivity index is 1.56. The van der Waals surface area contributed by atoms with Gasteiger partial charge in [0.15, 0.2) is 4.96 Å². The Morgan fingerprint density at radius 1 is 1.24 bits per heavy atom. The van der Waals surface area contributed by atoms with Crippen LogP contribution in [-0.4, -0.2) is 27.4 Å². The van der Waals surface area contributed by atoms with Crippen LogP contribution in [0.25, 0.3) is 15.2 Å². The molecule has 0 unspecified atom stereocenters. The smallest absolute Gasteiger partial charge is 0.230 e. The van der Waals surface area contributed by atoms with E-state index in [2.05, 4.69) is 15.3 Å². The maximum Gasteiger partial charge on any atom is 0.230 e. The largest absolute Gasteiger partial charge is 0.494 e. The zero-order valence-electron chi connectivity index (χ0n) is 14.0. The minimum atomic E-state index is -0.124. The highest BCUT2D eigenvalue weighted by Crippen LogP contribution is 2.33. The molecule has 3 aromatic heterocycles. The van der Waals surface area contributed by atoms with Gasteiger partial charge in [0.2, 0.25) is 5.91 Å². The molecule has 25 heavy (non-hydrogen) atoms. The molecule has 128 valence electrons. The molecule has 0 aliphatic rings. The number of methoxy groups -OCH3 is 1. The van der Waals surface area contributed by atoms with Crippen molar-refractivity contribution in [2.75, 3.05) is 12.4 Å². The number of imidazole rings is 1. The van der Waals surface area contributed by atoms with E-state index in [0.29, 0.717) is 11.4 Å². The van der Waals surface area contributed by atoms with Gasteiger partial charge in [-0.05, 0) is 19.9 Å². The Morgan fingerprint density at radius 2 is 2.08 bits per heavy atom. The van der Waals surface area contributed by atoms with Gasteiger partial charge in [0, 0.05) is 23.3 Å². The summed E-state index contributed by atoms with van der Waals surface area (Å²) in [6, 6.07) is 3.76. The zero-order chi connectivity index (χ0) is 17.6. The van der Waals surface area contributed by atoms with Crippen molar-refractivity contribution in [2.24, 2.45) is 0 Å². The molecule has 0 radical (unpaired) electrons. The minimum Gasteiger partial charge on any atom is -0.494 e. The van der Waals surface area contributed by atoms with Crippen molar-refractivity contribution in [3.63, 3.8) is 0 Å². The van der Waals surface area contributed by atoms with Crippen LogP contribution in [0.5, 0.6) is 5.75 Å². The third-order valence-electron chi connectivity index (χ3n) is 3.75. The molecule has 4 rings (SSSR count). The van der Waals surface area contributed by atoms with Gasteiger partial charge in [-0.1, -0.05) is 0 Å². The second-order valence-electron chi connectivity index (χ2n) is 5.74. The summed E-state index contributed by atoms with van der Waals surface area (Å²) < 4.78 is 8.37. The number of nitrogens with one attached hydrogen (secondary N) is 1. The van der Waals surface area contributed by atoms with Crippen molar-refractivity contribution in [1.29, 1.82) is 0 Å². The second kappa shape index (κ2) is 6.12. The summed E-state index contributed by atoms with van der Waals surface area (Å²) in [5, 5.41) is 3.91. The van der Waals surface area contributed by atoms with Crippen molar-refractivity contribution < 1.29 is 9.53 Å². The number of rotatable bonds is 4. The number of aryl methyl sites for hydroxylation is 2. The summed E-state index contributed by atoms with van der Waals surface area (Å²) >= 11 is 3.20. The molecule has 0 fully saturated rings. The Hall–Kier alpha value is -2.45. The van der Waals surface area contributed by atoms with Crippen molar-refractivity contribution in [2.45, 2.75) is 20.3 Å². The van der Waals surface area contributed by atoms with Crippen LogP contribution >= 0.6 is 22.7 Å². The summed E-state index contributed by atoms with van der Waals surface area (Å²) in [4.78, 5) is 23.5. The Kier molecular flexibility index (Phi) is 3.93. The van der Waals surface area contributed by atoms with Gasteiger partial charge in [-0.2, -0.15) is 0 Å². The van der Waals surface area contributed by atoms with Gasteiger partial charge in [0.05, 0.1) is 40.1 Å². The number of amides is 1. The van der Waals surface area contributed by atoms with Gasteiger partial charge in [0.1, 0.15) is 5.75 Å². The lowest BCUT2D eigenvalue weighted by Crippen LogP contribution is -2.15. The number of carbonyl (C=O) groups excluding carboxylic acids is 1. The number of thiazole rings is 2. The summed E-state index contributed by atoms with van der Waals surface area (Å²) in [6.07, 6.45) is 4.12. The highest BCUT2D eigenvalue weighted by atomic mass is 32.1. The molecule has 0 bridgehead atoms. The van der Waals surface area contributed by atoms with E-state index in [-0.39, 0.29) is 12.3 Å². The van der Waals surface area contributed by atoms with Crippen LogP contribution in [0.1, 0.15) is 15.6 Å². The molecule has 4 aromatic rings. The summed E-state index contributed by atoms with van der Waals surface area (Å²) in [7, 11) is 1.59. The van der Waals surface area contributed by atoms with Crippen LogP contribution in [0.15, 0.2) is 24.5 Å². The van der Waals surface area contributed by atoms with Crippen molar-refractivity contribution in [1.82, 2.24) is 14.4 Å². The van der Waals surface area contributed by atoms with Gasteiger partial charge < -0.3 is 10.1 Å². The number of anilines is 1. The maximum atomic E-state index is 12.4. The van der Waals surface area contributed by atoms with Crippen LogP contribution < -0.4 is 10.1 Å². The Bertz CT molecular complexity index is 1060. The molecule has 8 heteroatoms. The molecule has 0 saturated heterocycles. The average Bonchev–Trinajstić information content (AvgIpc) is 3.17. The molecular formula is C17H16N4O2S2. The van der Waals surface area contributed by atoms with Gasteiger partial charge in [-0.25, -0.2) is 9.97 Å². The number of hydrogen-bond acceptors (Lipinski definition) is 6. The first-order valence-corrected chi connectivity index (χ1v) is 9.34. The molecule has 1 aromatic carbocycles. The van der Waals surface area contributed by atoms with E-state index < -0.39 is 0 Å². The monoisotopic (exact) mass is 372 g/mol. The molecule has 3 heterocycles. The van der Waals surface area contributed by atoms with Crippen molar-refractivity contribution >= 4 is 49.4 Å². The van der Waals surface area contributed by atoms with Gasteiger partial charge in [-0.15, -0.1) is 22.7 Å². The first-order valence-electron chi connectivity index (χ1n) is 7.71. The number of fused-ring (bicyclic) bond motifs is 2. The van der Waals surface area contributed by atoms with Crippen LogP contribution in [0.4, 0.5) is 5.69 Å². The SMILES string of the molecule is COc1cc2nc(C)sc2cc1NC(=O)Cc1cn2cc(C)sc2n1. The highest BCUT2D eigenvalue weighted by molar-refractivity contribution is 7.18. The number of carbonyl (C=O) groups is 1. The average molecular weight is 372 g/mol. The third-order valence-corrected chi connectivity index (χ3v) is 5.60. The number of ether oxygens (including phenoxy) is 1. The van der Waals surface area contributed by atoms with Crippen LogP contribution in [-0.2, 0) is 11.2 Å². The normalized spacial score (nSPS) is 11.3. The number of benzene rings is 1. The van der Waals surface area contributed by atoms with E-state index in [0.717, 1.165) is 25.9 Å². The van der Waals surface area contributed by atoms with Gasteiger partial charge >= 0.3 is 0 Å². The first kappa shape index (κ1) is 16.0. The minimum absolute atomic E-state index is 0.124. The number of nitrogens with zero attached hydrogens (tertiary/aromatic N) is 3. The van der Waals surface area contributed by atoms with E-state index in [4.69, 9.17) is 4.74 Å². The topological polar surface area (TPSA) is 68.5 Å². The first-order chi connectivity index (χ1) is 12.0. The van der Waals surface area contributed by atoms with E-state index in [1.807, 2.05) is 42.8 Å². The lowest BCUT2D eigenvalue weighted by molar-refractivity contribution is -0.115. The Labute approximate surface area is 152 Å². The second-order valence-corrected chi connectivity index (χ2v) is 8.19. The molecule has 0 saturated carbocycles. The molecule has 0 spiro atoms. The fraction of sp³-hybridized carbons (Fsp3) is 0.235. The summed E-state index contributed by atoms with van der Waals surface area (Å²) in [5.41, 5.74) is 2.28. The summed E-state index contributed by atoms with van der Waals surface area (Å²) in [5.74, 6) is 0.481. The maximum absolute atomic E-state index is 12.4. The highest BCUT2D eigenvalue weighted by Gasteiger charge is 2.14.